The summed E-state index contributed by atoms with van der Waals surface area (Å²) in [6.45, 7) is 3.52. The molecule has 25 heavy (non-hydrogen) atoms. The van der Waals surface area contributed by atoms with Crippen molar-refractivity contribution in [2.24, 2.45) is 0 Å². The van der Waals surface area contributed by atoms with Crippen LogP contribution in [0.3, 0.4) is 0 Å². The van der Waals surface area contributed by atoms with E-state index in [-0.39, 0.29) is 18.0 Å². The lowest BCUT2D eigenvalue weighted by Gasteiger charge is -2.30. The van der Waals surface area contributed by atoms with Crippen molar-refractivity contribution in [2.75, 3.05) is 33.2 Å². The quantitative estimate of drug-likeness (QED) is 0.892. The Morgan fingerprint density at radius 1 is 1.44 bits per heavy atom. The van der Waals surface area contributed by atoms with Gasteiger partial charge >= 0.3 is 0 Å². The molecule has 0 radical (unpaired) electrons. The molecule has 2 fully saturated rings. The van der Waals surface area contributed by atoms with Crippen molar-refractivity contribution in [3.8, 4) is 0 Å². The first-order chi connectivity index (χ1) is 12.2. The Morgan fingerprint density at radius 3 is 3.16 bits per heavy atom. The van der Waals surface area contributed by atoms with Crippen molar-refractivity contribution in [2.45, 2.75) is 31.3 Å². The summed E-state index contributed by atoms with van der Waals surface area (Å²) in [7, 11) is 2.08. The summed E-state index contributed by atoms with van der Waals surface area (Å²) in [5, 5.41) is 9.57. The Labute approximate surface area is 151 Å². The Morgan fingerprint density at radius 2 is 2.36 bits per heavy atom. The number of carbonyl (C=O) groups excluding carboxylic acids is 1. The van der Waals surface area contributed by atoms with E-state index in [2.05, 4.69) is 27.4 Å². The average molecular weight is 361 g/mol. The number of nitrogens with zero attached hydrogens (tertiary/aromatic N) is 4. The van der Waals surface area contributed by atoms with Gasteiger partial charge < -0.3 is 14.7 Å². The van der Waals surface area contributed by atoms with Crippen molar-refractivity contribution >= 4 is 17.2 Å². The number of thiophene rings is 1. The molecule has 2 unspecified atom stereocenters. The number of hydrogen-bond donors (Lipinski definition) is 1. The van der Waals surface area contributed by atoms with E-state index in [9.17, 15) is 4.79 Å². The number of piperazine rings is 1. The summed E-state index contributed by atoms with van der Waals surface area (Å²) < 4.78 is 5.56. The zero-order valence-electron chi connectivity index (χ0n) is 14.4. The molecule has 7 nitrogen and oxygen atoms in total. The maximum Gasteiger partial charge on any atom is 0.249 e. The molecule has 2 atom stereocenters. The summed E-state index contributed by atoms with van der Waals surface area (Å²) in [5.41, 5.74) is 0. The third-order valence-corrected chi connectivity index (χ3v) is 5.91. The van der Waals surface area contributed by atoms with E-state index in [0.29, 0.717) is 18.1 Å². The van der Waals surface area contributed by atoms with Gasteiger partial charge in [0.25, 0.3) is 0 Å². The van der Waals surface area contributed by atoms with Gasteiger partial charge in [-0.25, -0.2) is 0 Å². The monoisotopic (exact) mass is 361 g/mol. The normalized spacial score (nSPS) is 24.8. The second kappa shape index (κ2) is 7.23. The summed E-state index contributed by atoms with van der Waals surface area (Å²) >= 11 is 1.62. The van der Waals surface area contributed by atoms with Crippen molar-refractivity contribution < 1.29 is 9.32 Å². The first kappa shape index (κ1) is 16.7. The summed E-state index contributed by atoms with van der Waals surface area (Å²) in [6, 6.07) is 4.02. The minimum absolute atomic E-state index is 0.0874. The Balaban J connectivity index is 1.48. The molecule has 0 aliphatic carbocycles. The lowest BCUT2D eigenvalue weighted by atomic mass is 10.2. The second-order valence-electron chi connectivity index (χ2n) is 6.69. The molecule has 0 aromatic carbocycles. The smallest absolute Gasteiger partial charge is 0.249 e. The van der Waals surface area contributed by atoms with E-state index in [0.717, 1.165) is 43.9 Å². The van der Waals surface area contributed by atoms with Crippen molar-refractivity contribution in [3.63, 3.8) is 0 Å². The Bertz CT molecular complexity index is 716. The molecule has 2 saturated heterocycles. The molecule has 2 aliphatic rings. The number of likely N-dealkylation sites (N-methyl/N-ethyl adjacent to an activating group) is 1. The average Bonchev–Trinajstić information content (AvgIpc) is 3.36. The van der Waals surface area contributed by atoms with Gasteiger partial charge in [0.05, 0.1) is 12.5 Å². The van der Waals surface area contributed by atoms with E-state index < -0.39 is 0 Å². The standard InChI is InChI=1S/C17H23N5O2S/c1-21-8-6-18-11-14(21)16-19-17(24-20-16)13-5-2-7-22(13)15(23)10-12-4-3-9-25-12/h3-4,9,13-14,18H,2,5-8,10-11H2,1H3. The van der Waals surface area contributed by atoms with Crippen LogP contribution >= 0.6 is 11.3 Å². The Kier molecular flexibility index (Phi) is 4.82. The molecular formula is C17H23N5O2S. The lowest BCUT2D eigenvalue weighted by Crippen LogP contribution is -2.44. The van der Waals surface area contributed by atoms with Gasteiger partial charge in [0.15, 0.2) is 5.82 Å². The predicted octanol–water partition coefficient (Wildman–Crippen LogP) is 1.61. The number of nitrogens with one attached hydrogen (secondary N) is 1. The summed E-state index contributed by atoms with van der Waals surface area (Å²) in [5.74, 6) is 1.43. The van der Waals surface area contributed by atoms with Crippen molar-refractivity contribution in [3.05, 3.63) is 34.1 Å². The number of hydrogen-bond acceptors (Lipinski definition) is 7. The van der Waals surface area contributed by atoms with Gasteiger partial charge in [0.2, 0.25) is 11.8 Å². The van der Waals surface area contributed by atoms with E-state index in [1.807, 2.05) is 22.4 Å². The molecule has 4 rings (SSSR count). The first-order valence-electron chi connectivity index (χ1n) is 8.78. The maximum atomic E-state index is 12.7. The molecule has 2 aromatic rings. The molecule has 0 spiro atoms. The zero-order chi connectivity index (χ0) is 17.2. The highest BCUT2D eigenvalue weighted by Crippen LogP contribution is 2.32. The van der Waals surface area contributed by atoms with E-state index in [1.165, 1.54) is 0 Å². The number of amides is 1. The fraction of sp³-hybridized carbons (Fsp3) is 0.588. The third-order valence-electron chi connectivity index (χ3n) is 5.03. The fourth-order valence-electron chi connectivity index (χ4n) is 3.60. The molecule has 8 heteroatoms. The fourth-order valence-corrected chi connectivity index (χ4v) is 4.29. The Hall–Kier alpha value is -1.77. The molecule has 134 valence electrons. The second-order valence-corrected chi connectivity index (χ2v) is 7.72. The molecule has 4 heterocycles. The molecular weight excluding hydrogens is 338 g/mol. The van der Waals surface area contributed by atoms with Crippen LogP contribution in [0.4, 0.5) is 0 Å². The van der Waals surface area contributed by atoms with Crippen LogP contribution in [0, 0.1) is 0 Å². The van der Waals surface area contributed by atoms with E-state index in [4.69, 9.17) is 4.52 Å². The summed E-state index contributed by atoms with van der Waals surface area (Å²) in [4.78, 5) is 22.6. The number of likely N-dealkylation sites (tertiary alicyclic amines) is 1. The van der Waals surface area contributed by atoms with Crippen molar-refractivity contribution in [1.29, 1.82) is 0 Å². The van der Waals surface area contributed by atoms with Crippen LogP contribution in [0.25, 0.3) is 0 Å². The molecule has 1 N–H and O–H groups in total. The van der Waals surface area contributed by atoms with Gasteiger partial charge in [0, 0.05) is 31.1 Å². The molecule has 0 bridgehead atoms. The lowest BCUT2D eigenvalue weighted by molar-refractivity contribution is -0.131. The number of rotatable bonds is 4. The van der Waals surface area contributed by atoms with Crippen LogP contribution in [0.2, 0.25) is 0 Å². The maximum absolute atomic E-state index is 12.7. The molecule has 0 saturated carbocycles. The summed E-state index contributed by atoms with van der Waals surface area (Å²) in [6.07, 6.45) is 2.31. The van der Waals surface area contributed by atoms with Crippen molar-refractivity contribution in [1.82, 2.24) is 25.3 Å². The van der Waals surface area contributed by atoms with Crippen LogP contribution in [0.5, 0.6) is 0 Å². The van der Waals surface area contributed by atoms with Gasteiger partial charge in [-0.05, 0) is 31.3 Å². The van der Waals surface area contributed by atoms with Crippen LogP contribution in [0.15, 0.2) is 22.0 Å². The van der Waals surface area contributed by atoms with Gasteiger partial charge in [-0.15, -0.1) is 11.3 Å². The topological polar surface area (TPSA) is 74.5 Å². The van der Waals surface area contributed by atoms with Gasteiger partial charge in [-0.2, -0.15) is 4.98 Å². The predicted molar refractivity (Wildman–Crippen MR) is 94.2 cm³/mol. The van der Waals surface area contributed by atoms with Gasteiger partial charge in [-0.3, -0.25) is 9.69 Å². The number of aromatic nitrogens is 2. The van der Waals surface area contributed by atoms with Crippen LogP contribution in [-0.4, -0.2) is 59.1 Å². The number of carbonyl (C=O) groups is 1. The minimum atomic E-state index is -0.0874. The van der Waals surface area contributed by atoms with E-state index in [1.54, 1.807) is 11.3 Å². The highest BCUT2D eigenvalue weighted by molar-refractivity contribution is 7.10. The molecule has 2 aromatic heterocycles. The SMILES string of the molecule is CN1CCNCC1c1noc(C2CCCN2C(=O)Cc2cccs2)n1. The van der Waals surface area contributed by atoms with Crippen LogP contribution < -0.4 is 5.32 Å². The highest BCUT2D eigenvalue weighted by atomic mass is 32.1. The molecule has 2 aliphatic heterocycles. The highest BCUT2D eigenvalue weighted by Gasteiger charge is 2.35. The van der Waals surface area contributed by atoms with Gasteiger partial charge in [-0.1, -0.05) is 11.2 Å². The first-order valence-corrected chi connectivity index (χ1v) is 9.66. The van der Waals surface area contributed by atoms with Crippen LogP contribution in [-0.2, 0) is 11.2 Å². The minimum Gasteiger partial charge on any atom is -0.337 e. The third kappa shape index (κ3) is 3.47. The largest absolute Gasteiger partial charge is 0.337 e. The van der Waals surface area contributed by atoms with E-state index >= 15 is 0 Å². The molecule has 1 amide bonds. The zero-order valence-corrected chi connectivity index (χ0v) is 15.2. The van der Waals surface area contributed by atoms with Gasteiger partial charge in [0.1, 0.15) is 6.04 Å². The van der Waals surface area contributed by atoms with Crippen LogP contribution in [0.1, 0.15) is 41.5 Å².